The summed E-state index contributed by atoms with van der Waals surface area (Å²) in [5.41, 5.74) is 8.72. The summed E-state index contributed by atoms with van der Waals surface area (Å²) in [6.45, 7) is 5.97. The first-order chi connectivity index (χ1) is 16.2. The Morgan fingerprint density at radius 1 is 1.09 bits per heavy atom. The van der Waals surface area contributed by atoms with Crippen LogP contribution in [0.2, 0.25) is 0 Å². The van der Waals surface area contributed by atoms with Crippen LogP contribution >= 0.6 is 0 Å². The lowest BCUT2D eigenvalue weighted by molar-refractivity contribution is -0.138. The summed E-state index contributed by atoms with van der Waals surface area (Å²) in [7, 11) is 0. The summed E-state index contributed by atoms with van der Waals surface area (Å²) in [4.78, 5) is 4.54. The van der Waals surface area contributed by atoms with E-state index in [9.17, 15) is 17.6 Å². The van der Waals surface area contributed by atoms with Crippen LogP contribution < -0.4 is 11.1 Å². The molecular weight excluding hydrogens is 442 g/mol. The number of rotatable bonds is 8. The lowest BCUT2D eigenvalue weighted by Gasteiger charge is -2.22. The zero-order chi connectivity index (χ0) is 24.7. The predicted octanol–water partition coefficient (Wildman–Crippen LogP) is 7.13. The molecule has 0 radical (unpaired) electrons. The lowest BCUT2D eigenvalue weighted by Crippen LogP contribution is -2.28. The van der Waals surface area contributed by atoms with Gasteiger partial charge in [0.25, 0.3) is 0 Å². The Hall–Kier alpha value is -3.09. The fraction of sp³-hybridized carbons (Fsp3) is 0.370. The number of halogens is 4. The molecule has 2 aromatic carbocycles. The molecule has 0 atom stereocenters. The van der Waals surface area contributed by atoms with Crippen molar-refractivity contribution >= 4 is 11.5 Å². The number of nitrogens with two attached hydrogens (primary N) is 1. The Kier molecular flexibility index (Phi) is 8.53. The van der Waals surface area contributed by atoms with Crippen LogP contribution in [0.4, 0.5) is 17.6 Å². The molecule has 3 N–H and O–H groups in total. The summed E-state index contributed by atoms with van der Waals surface area (Å²) < 4.78 is 55.0. The monoisotopic (exact) mass is 473 g/mol. The summed E-state index contributed by atoms with van der Waals surface area (Å²) >= 11 is 0. The van der Waals surface area contributed by atoms with Crippen molar-refractivity contribution in [2.75, 3.05) is 0 Å². The maximum absolute atomic E-state index is 14.6. The van der Waals surface area contributed by atoms with E-state index in [4.69, 9.17) is 5.73 Å². The van der Waals surface area contributed by atoms with Crippen LogP contribution in [0, 0.1) is 5.82 Å². The van der Waals surface area contributed by atoms with Crippen molar-refractivity contribution < 1.29 is 17.6 Å². The highest BCUT2D eigenvalue weighted by atomic mass is 19.4. The summed E-state index contributed by atoms with van der Waals surface area (Å²) in [6, 6.07) is 10.2. The summed E-state index contributed by atoms with van der Waals surface area (Å²) in [5.74, 6) is 0.0905. The lowest BCUT2D eigenvalue weighted by atomic mass is 9.94. The molecule has 3 rings (SSSR count). The van der Waals surface area contributed by atoms with Gasteiger partial charge in [0.1, 0.15) is 11.7 Å². The molecule has 0 heterocycles. The zero-order valence-electron chi connectivity index (χ0n) is 19.4. The first-order valence-corrected chi connectivity index (χ1v) is 11.6. The Balaban J connectivity index is 1.97. The minimum absolute atomic E-state index is 0.0734. The van der Waals surface area contributed by atoms with Crippen molar-refractivity contribution in [1.29, 1.82) is 0 Å². The molecule has 0 spiro atoms. The van der Waals surface area contributed by atoms with Crippen molar-refractivity contribution in [3.63, 3.8) is 0 Å². The number of nitrogens with zero attached hydrogens (tertiary/aromatic N) is 1. The van der Waals surface area contributed by atoms with Crippen LogP contribution in [0.25, 0.3) is 5.70 Å². The fourth-order valence-electron chi connectivity index (χ4n) is 4.17. The highest BCUT2D eigenvalue weighted by Gasteiger charge is 2.32. The predicted molar refractivity (Wildman–Crippen MR) is 129 cm³/mol. The van der Waals surface area contributed by atoms with E-state index >= 15 is 0 Å². The third-order valence-corrected chi connectivity index (χ3v) is 6.02. The van der Waals surface area contributed by atoms with Gasteiger partial charge in [-0.15, -0.1) is 0 Å². The molecule has 2 aromatic rings. The van der Waals surface area contributed by atoms with Gasteiger partial charge in [0.2, 0.25) is 0 Å². The van der Waals surface area contributed by atoms with Gasteiger partial charge in [0, 0.05) is 22.5 Å². The van der Waals surface area contributed by atoms with E-state index in [1.165, 1.54) is 18.2 Å². The van der Waals surface area contributed by atoms with Crippen LogP contribution in [0.15, 0.2) is 65.3 Å². The summed E-state index contributed by atoms with van der Waals surface area (Å²) in [6.07, 6.45) is 1.06. The Bertz CT molecular complexity index is 1080. The molecule has 0 aromatic heterocycles. The largest absolute Gasteiger partial charge is 0.416 e. The van der Waals surface area contributed by atoms with E-state index in [1.54, 1.807) is 18.2 Å². The number of allylic oxidation sites excluding steroid dienone is 1. The van der Waals surface area contributed by atoms with Crippen molar-refractivity contribution in [2.24, 2.45) is 10.7 Å². The van der Waals surface area contributed by atoms with E-state index in [2.05, 4.69) is 16.9 Å². The minimum atomic E-state index is -4.47. The molecular formula is C27H31F4N3. The summed E-state index contributed by atoms with van der Waals surface area (Å²) in [5, 5.41) is 3.18. The molecule has 182 valence electrons. The SMILES string of the molecule is C=C(NC(=NCc1ccccc1C(F)(F)F)C1=C(N)CCCC1)c1cccc(F)c1CCCC. The number of nitrogens with one attached hydrogen (secondary N) is 1. The highest BCUT2D eigenvalue weighted by Crippen LogP contribution is 2.32. The third-order valence-electron chi connectivity index (χ3n) is 6.02. The molecule has 0 fully saturated rings. The zero-order valence-corrected chi connectivity index (χ0v) is 19.4. The van der Waals surface area contributed by atoms with Crippen molar-refractivity contribution in [3.05, 3.63) is 88.4 Å². The van der Waals surface area contributed by atoms with E-state index < -0.39 is 11.7 Å². The number of aliphatic imine (C=N–C) groups is 1. The van der Waals surface area contributed by atoms with Crippen molar-refractivity contribution in [2.45, 2.75) is 64.6 Å². The Labute approximate surface area is 198 Å². The molecule has 1 aliphatic rings. The minimum Gasteiger partial charge on any atom is -0.402 e. The van der Waals surface area contributed by atoms with Crippen LogP contribution in [-0.4, -0.2) is 5.84 Å². The molecule has 7 heteroatoms. The fourth-order valence-corrected chi connectivity index (χ4v) is 4.17. The number of hydrogen-bond acceptors (Lipinski definition) is 2. The van der Waals surface area contributed by atoms with Gasteiger partial charge in [0.05, 0.1) is 12.1 Å². The maximum Gasteiger partial charge on any atom is 0.416 e. The second-order valence-electron chi connectivity index (χ2n) is 8.50. The smallest absolute Gasteiger partial charge is 0.402 e. The number of amidine groups is 1. The van der Waals surface area contributed by atoms with E-state index in [1.807, 2.05) is 6.92 Å². The van der Waals surface area contributed by atoms with E-state index in [0.29, 0.717) is 47.6 Å². The third kappa shape index (κ3) is 6.27. The van der Waals surface area contributed by atoms with Crippen LogP contribution in [0.5, 0.6) is 0 Å². The average molecular weight is 474 g/mol. The quantitative estimate of drug-likeness (QED) is 0.243. The molecule has 34 heavy (non-hydrogen) atoms. The second kappa shape index (κ2) is 11.4. The van der Waals surface area contributed by atoms with Crippen LogP contribution in [-0.2, 0) is 19.1 Å². The highest BCUT2D eigenvalue weighted by molar-refractivity contribution is 6.03. The number of alkyl halides is 3. The Morgan fingerprint density at radius 2 is 1.82 bits per heavy atom. The van der Waals surface area contributed by atoms with Crippen molar-refractivity contribution in [3.8, 4) is 0 Å². The number of hydrogen-bond donors (Lipinski definition) is 2. The molecule has 0 saturated carbocycles. The Morgan fingerprint density at radius 3 is 2.53 bits per heavy atom. The number of benzene rings is 2. The van der Waals surface area contributed by atoms with E-state index in [0.717, 1.165) is 37.3 Å². The molecule has 0 bridgehead atoms. The van der Waals surface area contributed by atoms with Gasteiger partial charge in [-0.2, -0.15) is 13.2 Å². The topological polar surface area (TPSA) is 50.4 Å². The normalized spacial score (nSPS) is 14.9. The molecule has 3 nitrogen and oxygen atoms in total. The molecule has 0 unspecified atom stereocenters. The van der Waals surface area contributed by atoms with Gasteiger partial charge in [-0.1, -0.05) is 50.3 Å². The maximum atomic E-state index is 14.6. The van der Waals surface area contributed by atoms with Crippen LogP contribution in [0.3, 0.4) is 0 Å². The van der Waals surface area contributed by atoms with Gasteiger partial charge in [-0.25, -0.2) is 4.39 Å². The van der Waals surface area contributed by atoms with Crippen LogP contribution in [0.1, 0.15) is 67.7 Å². The standard InChI is InChI=1S/C27H31F4N3/c1-3-4-11-21-20(13-9-15-24(21)28)18(2)34-26(22-12-6-8-16-25(22)32)33-17-19-10-5-7-14-23(19)27(29,30)31/h5,7,9-10,13-15H,2-4,6,8,11-12,16-17,32H2,1H3,(H,33,34). The molecule has 0 aliphatic heterocycles. The van der Waals surface area contributed by atoms with Gasteiger partial charge in [-0.3, -0.25) is 4.99 Å². The molecule has 1 aliphatic carbocycles. The van der Waals surface area contributed by atoms with Gasteiger partial charge < -0.3 is 11.1 Å². The first-order valence-electron chi connectivity index (χ1n) is 11.6. The van der Waals surface area contributed by atoms with Gasteiger partial charge >= 0.3 is 6.18 Å². The number of unbranched alkanes of at least 4 members (excludes halogenated alkanes) is 1. The average Bonchev–Trinajstić information content (AvgIpc) is 2.80. The molecule has 0 saturated heterocycles. The van der Waals surface area contributed by atoms with Gasteiger partial charge in [0.15, 0.2) is 0 Å². The van der Waals surface area contributed by atoms with E-state index in [-0.39, 0.29) is 17.9 Å². The second-order valence-corrected chi connectivity index (χ2v) is 8.50. The first kappa shape index (κ1) is 25.5. The molecule has 0 amide bonds. The van der Waals surface area contributed by atoms with Gasteiger partial charge in [-0.05, 0) is 61.8 Å². The van der Waals surface area contributed by atoms with Crippen molar-refractivity contribution in [1.82, 2.24) is 5.32 Å².